The fourth-order valence-electron chi connectivity index (χ4n) is 2.81. The predicted molar refractivity (Wildman–Crippen MR) is 96.6 cm³/mol. The van der Waals surface area contributed by atoms with Crippen molar-refractivity contribution in [1.29, 1.82) is 0 Å². The summed E-state index contributed by atoms with van der Waals surface area (Å²) in [5.74, 6) is 2.78. The first-order chi connectivity index (χ1) is 11.7. The zero-order valence-electron chi connectivity index (χ0n) is 14.6. The highest BCUT2D eigenvalue weighted by Crippen LogP contribution is 2.27. The van der Waals surface area contributed by atoms with Gasteiger partial charge in [0, 0.05) is 12.8 Å². The summed E-state index contributed by atoms with van der Waals surface area (Å²) in [5, 5.41) is 9.62. The molecule has 0 aliphatic heterocycles. The fraction of sp³-hybridized carbons (Fsp3) is 0.500. The summed E-state index contributed by atoms with van der Waals surface area (Å²) in [6.07, 6.45) is 8.76. The monoisotopic (exact) mass is 331 g/mol. The summed E-state index contributed by atoms with van der Waals surface area (Å²) >= 11 is 0. The highest BCUT2D eigenvalue weighted by molar-refractivity contribution is 5.41. The lowest BCUT2D eigenvalue weighted by Crippen LogP contribution is -1.97. The second-order valence-corrected chi connectivity index (χ2v) is 6.18. The minimum Gasteiger partial charge on any atom is -0.504 e. The molecule has 1 aromatic heterocycles. The lowest BCUT2D eigenvalue weighted by atomic mass is 10.1. The Labute approximate surface area is 144 Å². The van der Waals surface area contributed by atoms with Crippen LogP contribution in [-0.2, 0) is 19.3 Å². The minimum absolute atomic E-state index is 0.174. The van der Waals surface area contributed by atoms with Crippen molar-refractivity contribution in [3.63, 3.8) is 0 Å². The van der Waals surface area contributed by atoms with Gasteiger partial charge < -0.3 is 20.0 Å². The lowest BCUT2D eigenvalue weighted by Gasteiger charge is -2.06. The maximum Gasteiger partial charge on any atom is 0.160 e. The van der Waals surface area contributed by atoms with Crippen molar-refractivity contribution >= 4 is 0 Å². The number of aryl methyl sites for hydroxylation is 3. The molecule has 0 bridgehead atoms. The molecule has 1 aromatic carbocycles. The molecule has 0 spiro atoms. The first kappa shape index (κ1) is 18.4. The smallest absolute Gasteiger partial charge is 0.160 e. The Morgan fingerprint density at radius 1 is 0.917 bits per heavy atom. The van der Waals surface area contributed by atoms with E-state index in [0.717, 1.165) is 49.3 Å². The number of phenols is 1. The molecule has 0 fully saturated rings. The van der Waals surface area contributed by atoms with Crippen LogP contribution in [0.3, 0.4) is 0 Å². The van der Waals surface area contributed by atoms with Crippen molar-refractivity contribution in [2.24, 2.45) is 5.73 Å². The summed E-state index contributed by atoms with van der Waals surface area (Å²) in [5.41, 5.74) is 6.62. The molecule has 2 rings (SSSR count). The molecule has 4 nitrogen and oxygen atoms in total. The molecule has 0 unspecified atom stereocenters. The number of hydrogen-bond acceptors (Lipinski definition) is 4. The van der Waals surface area contributed by atoms with Gasteiger partial charge in [-0.2, -0.15) is 0 Å². The van der Waals surface area contributed by atoms with E-state index in [1.807, 2.05) is 12.1 Å². The van der Waals surface area contributed by atoms with Crippen LogP contribution in [0.2, 0.25) is 0 Å². The van der Waals surface area contributed by atoms with E-state index in [1.54, 1.807) is 13.2 Å². The number of ether oxygens (including phenoxy) is 1. The van der Waals surface area contributed by atoms with E-state index in [1.165, 1.54) is 25.7 Å². The Bertz CT molecular complexity index is 607. The van der Waals surface area contributed by atoms with Gasteiger partial charge >= 0.3 is 0 Å². The summed E-state index contributed by atoms with van der Waals surface area (Å²) in [4.78, 5) is 0. The highest BCUT2D eigenvalue weighted by Gasteiger charge is 2.06. The number of nitrogens with two attached hydrogens (primary N) is 1. The third-order valence-corrected chi connectivity index (χ3v) is 4.25. The molecule has 0 saturated carbocycles. The zero-order chi connectivity index (χ0) is 17.2. The maximum atomic E-state index is 9.62. The third-order valence-electron chi connectivity index (χ3n) is 4.25. The molecule has 0 atom stereocenters. The van der Waals surface area contributed by atoms with Gasteiger partial charge in [0.15, 0.2) is 11.5 Å². The van der Waals surface area contributed by atoms with Crippen LogP contribution in [0.5, 0.6) is 11.5 Å². The average Bonchev–Trinajstić information content (AvgIpc) is 3.05. The Morgan fingerprint density at radius 2 is 1.62 bits per heavy atom. The predicted octanol–water partition coefficient (Wildman–Crippen LogP) is 4.23. The Morgan fingerprint density at radius 3 is 2.38 bits per heavy atom. The molecular formula is C20H29NO3. The van der Waals surface area contributed by atoms with Crippen LogP contribution >= 0.6 is 0 Å². The van der Waals surface area contributed by atoms with Gasteiger partial charge in [-0.25, -0.2) is 0 Å². The normalized spacial score (nSPS) is 10.9. The van der Waals surface area contributed by atoms with Gasteiger partial charge in [-0.05, 0) is 55.6 Å². The number of unbranched alkanes of at least 4 members (excludes halogenated alkanes) is 4. The van der Waals surface area contributed by atoms with Gasteiger partial charge in [0.2, 0.25) is 0 Å². The number of benzene rings is 1. The zero-order valence-corrected chi connectivity index (χ0v) is 14.6. The van der Waals surface area contributed by atoms with Crippen molar-refractivity contribution in [1.82, 2.24) is 0 Å². The second kappa shape index (κ2) is 10.0. The van der Waals surface area contributed by atoms with Crippen molar-refractivity contribution in [2.45, 2.75) is 51.4 Å². The first-order valence-electron chi connectivity index (χ1n) is 8.86. The van der Waals surface area contributed by atoms with Crippen molar-refractivity contribution in [3.8, 4) is 11.5 Å². The number of furan rings is 1. The van der Waals surface area contributed by atoms with E-state index >= 15 is 0 Å². The number of phenolic OH excluding ortho intramolecular Hbond substituents is 1. The second-order valence-electron chi connectivity index (χ2n) is 6.18. The molecule has 2 aromatic rings. The van der Waals surface area contributed by atoms with E-state index in [0.29, 0.717) is 5.75 Å². The Hall–Kier alpha value is -1.94. The Balaban J connectivity index is 1.73. The summed E-state index contributed by atoms with van der Waals surface area (Å²) in [7, 11) is 1.56. The molecule has 4 heteroatoms. The van der Waals surface area contributed by atoms with E-state index < -0.39 is 0 Å². The number of hydrogen-bond donors (Lipinski definition) is 2. The molecule has 1 heterocycles. The molecule has 0 aliphatic rings. The van der Waals surface area contributed by atoms with Crippen LogP contribution in [0.4, 0.5) is 0 Å². The van der Waals surface area contributed by atoms with Gasteiger partial charge in [0.05, 0.1) is 7.11 Å². The van der Waals surface area contributed by atoms with E-state index in [-0.39, 0.29) is 5.75 Å². The van der Waals surface area contributed by atoms with Crippen LogP contribution in [-0.4, -0.2) is 18.8 Å². The topological polar surface area (TPSA) is 68.6 Å². The Kier molecular flexibility index (Phi) is 7.69. The lowest BCUT2D eigenvalue weighted by molar-refractivity contribution is 0.373. The number of rotatable bonds is 11. The van der Waals surface area contributed by atoms with E-state index in [2.05, 4.69) is 12.1 Å². The van der Waals surface area contributed by atoms with E-state index in [9.17, 15) is 5.11 Å². The van der Waals surface area contributed by atoms with Crippen molar-refractivity contribution in [3.05, 3.63) is 47.4 Å². The molecule has 3 N–H and O–H groups in total. The average molecular weight is 331 g/mol. The summed E-state index contributed by atoms with van der Waals surface area (Å²) < 4.78 is 11.1. The third kappa shape index (κ3) is 5.93. The first-order valence-corrected chi connectivity index (χ1v) is 8.86. The van der Waals surface area contributed by atoms with Gasteiger partial charge in [0.1, 0.15) is 11.5 Å². The minimum atomic E-state index is 0.174. The molecular weight excluding hydrogens is 302 g/mol. The molecule has 24 heavy (non-hydrogen) atoms. The van der Waals surface area contributed by atoms with Crippen LogP contribution in [0.1, 0.15) is 49.2 Å². The van der Waals surface area contributed by atoms with Crippen molar-refractivity contribution < 1.29 is 14.3 Å². The number of aromatic hydroxyl groups is 1. The van der Waals surface area contributed by atoms with Crippen molar-refractivity contribution in [2.75, 3.05) is 13.7 Å². The van der Waals surface area contributed by atoms with Crippen LogP contribution < -0.4 is 10.5 Å². The standard InChI is InChI=1S/C20H29NO3/c1-23-20-15-16(9-13-19(20)22)8-10-18-12-11-17(24-18)7-5-3-2-4-6-14-21/h9,11-13,15,22H,2-8,10,14,21H2,1H3. The van der Waals surface area contributed by atoms with Crippen LogP contribution in [0.25, 0.3) is 0 Å². The van der Waals surface area contributed by atoms with E-state index in [4.69, 9.17) is 14.9 Å². The van der Waals surface area contributed by atoms with Crippen LogP contribution in [0, 0.1) is 0 Å². The van der Waals surface area contributed by atoms with Gasteiger partial charge in [0.25, 0.3) is 0 Å². The molecule has 0 radical (unpaired) electrons. The number of methoxy groups -OCH3 is 1. The summed E-state index contributed by atoms with van der Waals surface area (Å²) in [6.45, 7) is 0.800. The molecule has 132 valence electrons. The van der Waals surface area contributed by atoms with Gasteiger partial charge in [-0.15, -0.1) is 0 Å². The van der Waals surface area contributed by atoms with Gasteiger partial charge in [-0.3, -0.25) is 0 Å². The SMILES string of the molecule is COc1cc(CCc2ccc(CCCCCCCN)o2)ccc1O. The molecule has 0 aliphatic carbocycles. The molecule has 0 saturated heterocycles. The summed E-state index contributed by atoms with van der Waals surface area (Å²) in [6, 6.07) is 9.63. The largest absolute Gasteiger partial charge is 0.504 e. The maximum absolute atomic E-state index is 9.62. The highest BCUT2D eigenvalue weighted by atomic mass is 16.5. The quantitative estimate of drug-likeness (QED) is 0.605. The van der Waals surface area contributed by atoms with Gasteiger partial charge in [-0.1, -0.05) is 25.3 Å². The molecule has 0 amide bonds. The fourth-order valence-corrected chi connectivity index (χ4v) is 2.81. The van der Waals surface area contributed by atoms with Crippen LogP contribution in [0.15, 0.2) is 34.7 Å².